The van der Waals surface area contributed by atoms with Crippen LogP contribution < -0.4 is 20.5 Å². The molecule has 4 aliphatic carbocycles. The minimum Gasteiger partial charge on any atom is -0.459 e. The molecule has 11 atom stereocenters. The molecule has 9 rings (SSSR count). The summed E-state index contributed by atoms with van der Waals surface area (Å²) in [6, 6.07) is 9.02. The highest BCUT2D eigenvalue weighted by Gasteiger charge is 2.68. The first-order chi connectivity index (χ1) is 28.1. The molecule has 10 heteroatoms. The fourth-order valence-corrected chi connectivity index (χ4v) is 13.4. The Bertz CT molecular complexity index is 1740. The summed E-state index contributed by atoms with van der Waals surface area (Å²) in [4.78, 5) is 15.9. The first-order valence-electron chi connectivity index (χ1n) is 23.3. The van der Waals surface area contributed by atoms with E-state index in [1.54, 1.807) is 5.57 Å². The van der Waals surface area contributed by atoms with E-state index >= 15 is 0 Å². The minimum atomic E-state index is -0.343. The van der Waals surface area contributed by atoms with Crippen LogP contribution in [-0.4, -0.2) is 92.4 Å². The summed E-state index contributed by atoms with van der Waals surface area (Å²) in [5.41, 5.74) is 4.70. The number of aromatic nitrogens is 2. The fourth-order valence-electron chi connectivity index (χ4n) is 13.4. The number of rotatable bonds is 7. The first-order valence-corrected chi connectivity index (χ1v) is 23.3. The monoisotopic (exact) mass is 798 g/mol. The van der Waals surface area contributed by atoms with E-state index in [0.29, 0.717) is 35.2 Å². The van der Waals surface area contributed by atoms with Crippen molar-refractivity contribution in [1.29, 1.82) is 0 Å². The van der Waals surface area contributed by atoms with E-state index in [9.17, 15) is 4.79 Å². The zero-order chi connectivity index (χ0) is 39.9. The van der Waals surface area contributed by atoms with Crippen molar-refractivity contribution in [1.82, 2.24) is 25.4 Å². The number of hydrogen-bond donors (Lipinski definition) is 3. The van der Waals surface area contributed by atoms with Gasteiger partial charge in [0.2, 0.25) is 6.33 Å². The van der Waals surface area contributed by atoms with Gasteiger partial charge in [-0.1, -0.05) is 63.6 Å². The predicted molar refractivity (Wildman–Crippen MR) is 226 cm³/mol. The lowest BCUT2D eigenvalue weighted by atomic mass is 9.47. The van der Waals surface area contributed by atoms with E-state index in [4.69, 9.17) is 14.2 Å². The molecule has 3 aliphatic heterocycles. The van der Waals surface area contributed by atoms with Gasteiger partial charge in [0.25, 0.3) is 0 Å². The Morgan fingerprint density at radius 2 is 1.66 bits per heavy atom. The van der Waals surface area contributed by atoms with Crippen LogP contribution in [0, 0.1) is 46.3 Å². The van der Waals surface area contributed by atoms with Gasteiger partial charge in [-0.05, 0) is 96.5 Å². The topological polar surface area (TPSA) is 92.9 Å². The normalized spacial score (nSPS) is 39.7. The number of fused-ring (bicyclic) bond motifs is 7. The zero-order valence-electron chi connectivity index (χ0n) is 36.1. The lowest BCUT2D eigenvalue weighted by Gasteiger charge is -2.58. The van der Waals surface area contributed by atoms with Crippen LogP contribution in [0.3, 0.4) is 0 Å². The van der Waals surface area contributed by atoms with Crippen LogP contribution in [0.2, 0.25) is 0 Å². The summed E-state index contributed by atoms with van der Waals surface area (Å²) in [5.74, 6) is 3.38. The maximum absolute atomic E-state index is 13.3. The minimum absolute atomic E-state index is 0.0282. The maximum Gasteiger partial charge on any atom is 0.348 e. The molecule has 0 radical (unpaired) electrons. The van der Waals surface area contributed by atoms with Gasteiger partial charge in [0.05, 0.1) is 12.7 Å². The zero-order valence-corrected chi connectivity index (χ0v) is 36.1. The van der Waals surface area contributed by atoms with Crippen LogP contribution >= 0.6 is 0 Å². The van der Waals surface area contributed by atoms with Gasteiger partial charge >= 0.3 is 5.97 Å². The molecule has 7 aliphatic rings. The fraction of sp³-hybridized carbons (Fsp3) is 0.750. The van der Waals surface area contributed by atoms with Crippen molar-refractivity contribution < 1.29 is 23.6 Å². The summed E-state index contributed by atoms with van der Waals surface area (Å²) in [6.07, 6.45) is 19.2. The van der Waals surface area contributed by atoms with Crippen LogP contribution in [0.4, 0.5) is 0 Å². The molecule has 58 heavy (non-hydrogen) atoms. The van der Waals surface area contributed by atoms with Gasteiger partial charge in [0.1, 0.15) is 25.0 Å². The molecule has 0 amide bonds. The molecule has 3 saturated carbocycles. The number of esters is 1. The second-order valence-electron chi connectivity index (χ2n) is 20.2. The van der Waals surface area contributed by atoms with Crippen LogP contribution in [-0.2, 0) is 38.6 Å². The number of hydrogen-bond acceptors (Lipinski definition) is 8. The summed E-state index contributed by atoms with van der Waals surface area (Å²) in [5, 5.41) is 10.6. The Balaban J connectivity index is 0.755. The first kappa shape index (κ1) is 40.8. The number of ether oxygens (including phenoxy) is 3. The Morgan fingerprint density at radius 1 is 0.914 bits per heavy atom. The number of imidazole rings is 1. The van der Waals surface area contributed by atoms with Crippen LogP contribution in [0.25, 0.3) is 0 Å². The highest BCUT2D eigenvalue weighted by Crippen LogP contribution is 2.70. The molecule has 2 aromatic rings. The molecule has 6 fully saturated rings. The summed E-state index contributed by atoms with van der Waals surface area (Å²) >= 11 is 0. The van der Waals surface area contributed by atoms with Crippen LogP contribution in [0.1, 0.15) is 96.6 Å². The van der Waals surface area contributed by atoms with Crippen molar-refractivity contribution in [2.24, 2.45) is 46.3 Å². The van der Waals surface area contributed by atoms with E-state index < -0.39 is 0 Å². The number of carbonyl (C=O) groups is 1. The van der Waals surface area contributed by atoms with Crippen molar-refractivity contribution in [2.75, 3.05) is 59.0 Å². The Hall–Kier alpha value is -2.60. The van der Waals surface area contributed by atoms with Gasteiger partial charge in [-0.3, -0.25) is 4.90 Å². The molecular formula is C48H73N6O4+. The largest absolute Gasteiger partial charge is 0.459 e. The number of allylic oxidation sites excluding steroid dienone is 1. The van der Waals surface area contributed by atoms with Gasteiger partial charge in [-0.2, -0.15) is 0 Å². The van der Waals surface area contributed by atoms with Gasteiger partial charge in [-0.25, -0.2) is 13.9 Å². The smallest absolute Gasteiger partial charge is 0.348 e. The number of carbonyl (C=O) groups excluding carboxylic acids is 1. The highest BCUT2D eigenvalue weighted by atomic mass is 16.7. The summed E-state index contributed by atoms with van der Waals surface area (Å²) in [7, 11) is 0. The number of nitrogens with zero attached hydrogens (tertiary/aromatic N) is 3. The second-order valence-corrected chi connectivity index (χ2v) is 20.2. The summed E-state index contributed by atoms with van der Waals surface area (Å²) in [6.45, 7) is 20.9. The molecule has 0 bridgehead atoms. The molecular weight excluding hydrogens is 725 g/mol. The molecule has 4 heterocycles. The third-order valence-corrected chi connectivity index (χ3v) is 16.6. The molecule has 1 aromatic carbocycles. The SMILES string of the molecule is C[C@@H]1CC[C@]2(OC1)O[C@H]1C[C@H]3[C@@H]4CC=C5C[C@@H](OC(=O)Cn6cc[n+](Cc7ccc(CN8CCNCCNCCNCC8)cc7)c6)CC[C@]5(C)[C@H]4CC[C@]3(C)[C@H]1[C@@H]2C. The Labute approximate surface area is 348 Å². The van der Waals surface area contributed by atoms with Crippen LogP contribution in [0.15, 0.2) is 54.6 Å². The van der Waals surface area contributed by atoms with E-state index in [1.807, 2.05) is 17.1 Å². The van der Waals surface area contributed by atoms with Crippen molar-refractivity contribution >= 4 is 5.97 Å². The second kappa shape index (κ2) is 17.0. The third kappa shape index (κ3) is 8.12. The molecule has 318 valence electrons. The quantitative estimate of drug-likeness (QED) is 0.187. The van der Waals surface area contributed by atoms with E-state index in [0.717, 1.165) is 110 Å². The molecule has 3 N–H and O–H groups in total. The van der Waals surface area contributed by atoms with Crippen molar-refractivity contribution in [2.45, 2.75) is 123 Å². The van der Waals surface area contributed by atoms with E-state index in [1.165, 1.54) is 43.2 Å². The standard InChI is InChI=1S/C48H73N6O4/c1-34-11-16-48(56-32-34)35(2)45-43(58-48)28-42-40-10-9-38-27-39(12-14-46(38,3)41(40)13-15-47(42,45)4)57-44(55)31-54-26-25-53(33-54)30-37-7-5-36(6-8-37)29-52-23-21-50-19-17-49-18-20-51-22-24-52/h5-9,25-26,33-35,39-43,45,49-51H,10-24,27-32H2,1-4H3/q+1/t34-,35+,39+,40-,41+,42+,43+,45+,46+,47+,48+/m1/s1. The average Bonchev–Trinajstić information content (AvgIpc) is 3.85. The van der Waals surface area contributed by atoms with Gasteiger partial charge in [-0.15, -0.1) is 0 Å². The van der Waals surface area contributed by atoms with E-state index in [2.05, 4.69) is 89.7 Å². The maximum atomic E-state index is 13.3. The van der Waals surface area contributed by atoms with Crippen molar-refractivity contribution in [3.63, 3.8) is 0 Å². The molecule has 3 saturated heterocycles. The van der Waals surface area contributed by atoms with E-state index in [-0.39, 0.29) is 29.8 Å². The average molecular weight is 798 g/mol. The predicted octanol–water partition coefficient (Wildman–Crippen LogP) is 5.69. The van der Waals surface area contributed by atoms with Crippen molar-refractivity contribution in [3.05, 3.63) is 65.8 Å². The number of benzene rings is 1. The highest BCUT2D eigenvalue weighted by molar-refractivity contribution is 5.69. The van der Waals surface area contributed by atoms with Gasteiger partial charge < -0.3 is 30.2 Å². The molecule has 1 spiro atoms. The molecule has 1 aromatic heterocycles. The number of nitrogens with one attached hydrogen (secondary N) is 3. The lowest BCUT2D eigenvalue weighted by molar-refractivity contribution is -0.687. The van der Waals surface area contributed by atoms with Gasteiger partial charge in [0, 0.05) is 77.7 Å². The Kier molecular flexibility index (Phi) is 12.0. The van der Waals surface area contributed by atoms with Crippen LogP contribution in [0.5, 0.6) is 0 Å². The van der Waals surface area contributed by atoms with Gasteiger partial charge in [0.15, 0.2) is 12.3 Å². The van der Waals surface area contributed by atoms with Crippen molar-refractivity contribution in [3.8, 4) is 0 Å². The Morgan fingerprint density at radius 3 is 2.40 bits per heavy atom. The molecule has 0 unspecified atom stereocenters. The summed E-state index contributed by atoms with van der Waals surface area (Å²) < 4.78 is 23.9. The lowest BCUT2D eigenvalue weighted by Crippen LogP contribution is -2.52. The third-order valence-electron chi connectivity index (χ3n) is 16.6. The molecule has 10 nitrogen and oxygen atoms in total.